The third kappa shape index (κ3) is 2.89. The normalized spacial score (nSPS) is 28.6. The van der Waals surface area contributed by atoms with Gasteiger partial charge >= 0.3 is 0 Å². The van der Waals surface area contributed by atoms with Gasteiger partial charge in [-0.25, -0.2) is 4.39 Å². The second-order valence-electron chi connectivity index (χ2n) is 6.57. The molecule has 0 aromatic heterocycles. The van der Waals surface area contributed by atoms with Crippen LogP contribution in [0.15, 0.2) is 24.3 Å². The molecule has 1 unspecified atom stereocenters. The Kier molecular flexibility index (Phi) is 4.82. The maximum Gasteiger partial charge on any atom is 0.129 e. The molecular weight excluding hydrogens is 253 g/mol. The van der Waals surface area contributed by atoms with Crippen LogP contribution in [0.5, 0.6) is 0 Å². The van der Waals surface area contributed by atoms with Crippen LogP contribution in [0.25, 0.3) is 0 Å². The van der Waals surface area contributed by atoms with Gasteiger partial charge in [0.15, 0.2) is 0 Å². The smallest absolute Gasteiger partial charge is 0.129 e. The first-order valence-electron chi connectivity index (χ1n) is 7.63. The van der Waals surface area contributed by atoms with E-state index >= 15 is 0 Å². The molecule has 1 aliphatic carbocycles. The molecule has 1 atom stereocenters. The van der Waals surface area contributed by atoms with Crippen molar-refractivity contribution in [2.24, 2.45) is 23.0 Å². The van der Waals surface area contributed by atoms with Gasteiger partial charge in [0, 0.05) is 17.5 Å². The molecule has 0 aliphatic heterocycles. The van der Waals surface area contributed by atoms with Gasteiger partial charge < -0.3 is 10.8 Å². The number of rotatable bonds is 4. The van der Waals surface area contributed by atoms with Crippen molar-refractivity contribution < 1.29 is 9.50 Å². The van der Waals surface area contributed by atoms with Crippen molar-refractivity contribution in [2.45, 2.75) is 45.6 Å². The molecule has 1 fully saturated rings. The summed E-state index contributed by atoms with van der Waals surface area (Å²) >= 11 is 0. The van der Waals surface area contributed by atoms with E-state index in [1.165, 1.54) is 6.07 Å². The Hall–Kier alpha value is -0.930. The Bertz CT molecular complexity index is 438. The summed E-state index contributed by atoms with van der Waals surface area (Å²) in [5, 5.41) is 10.7. The monoisotopic (exact) mass is 279 g/mol. The molecule has 1 saturated carbocycles. The number of aliphatic hydroxyl groups excluding tert-OH is 1. The lowest BCUT2D eigenvalue weighted by atomic mass is 9.64. The highest BCUT2D eigenvalue weighted by atomic mass is 19.1. The Morgan fingerprint density at radius 2 is 1.90 bits per heavy atom. The van der Waals surface area contributed by atoms with Crippen molar-refractivity contribution in [3.05, 3.63) is 35.6 Å². The van der Waals surface area contributed by atoms with E-state index in [2.05, 4.69) is 13.8 Å². The summed E-state index contributed by atoms with van der Waals surface area (Å²) in [4.78, 5) is 0. The summed E-state index contributed by atoms with van der Waals surface area (Å²) in [5.74, 6) is 1.03. The number of halogens is 1. The lowest BCUT2D eigenvalue weighted by Gasteiger charge is -2.44. The van der Waals surface area contributed by atoms with Crippen LogP contribution in [0.1, 0.15) is 51.2 Å². The highest BCUT2D eigenvalue weighted by molar-refractivity contribution is 5.22. The molecule has 1 aliphatic rings. The maximum absolute atomic E-state index is 13.9. The van der Waals surface area contributed by atoms with E-state index in [-0.39, 0.29) is 11.2 Å². The van der Waals surface area contributed by atoms with Crippen LogP contribution in [0.4, 0.5) is 4.39 Å². The molecule has 2 rings (SSSR count). The van der Waals surface area contributed by atoms with Gasteiger partial charge in [-0.2, -0.15) is 0 Å². The molecule has 0 radical (unpaired) electrons. The van der Waals surface area contributed by atoms with Crippen LogP contribution >= 0.6 is 0 Å². The number of hydrogen-bond acceptors (Lipinski definition) is 2. The molecule has 1 aromatic rings. The molecule has 0 amide bonds. The highest BCUT2D eigenvalue weighted by Gasteiger charge is 2.42. The number of hydrogen-bond donors (Lipinski definition) is 2. The predicted octanol–water partition coefficient (Wildman–Crippen LogP) is 3.65. The zero-order valence-corrected chi connectivity index (χ0v) is 12.5. The minimum Gasteiger partial charge on any atom is -0.388 e. The Balaban J connectivity index is 2.18. The first-order valence-corrected chi connectivity index (χ1v) is 7.63. The lowest BCUT2D eigenvalue weighted by Crippen LogP contribution is -2.41. The SMILES string of the molecule is CC(C)C1CCC(CN)(C(O)c2ccccc2F)CC1. The van der Waals surface area contributed by atoms with Crippen molar-refractivity contribution in [2.75, 3.05) is 6.54 Å². The first-order chi connectivity index (χ1) is 9.50. The quantitative estimate of drug-likeness (QED) is 0.883. The van der Waals surface area contributed by atoms with Crippen molar-refractivity contribution in [3.8, 4) is 0 Å². The van der Waals surface area contributed by atoms with Crippen LogP contribution in [0, 0.1) is 23.1 Å². The first kappa shape index (κ1) is 15.5. The molecular formula is C17H26FNO. The summed E-state index contributed by atoms with van der Waals surface area (Å²) < 4.78 is 13.9. The fourth-order valence-corrected chi connectivity index (χ4v) is 3.50. The third-order valence-electron chi connectivity index (χ3n) is 5.16. The average Bonchev–Trinajstić information content (AvgIpc) is 2.47. The molecule has 0 spiro atoms. The number of benzene rings is 1. The largest absolute Gasteiger partial charge is 0.388 e. The van der Waals surface area contributed by atoms with Crippen molar-refractivity contribution in [1.29, 1.82) is 0 Å². The van der Waals surface area contributed by atoms with Crippen LogP contribution in [-0.4, -0.2) is 11.7 Å². The van der Waals surface area contributed by atoms with Crippen molar-refractivity contribution >= 4 is 0 Å². The van der Waals surface area contributed by atoms with Crippen LogP contribution < -0.4 is 5.73 Å². The lowest BCUT2D eigenvalue weighted by molar-refractivity contribution is -0.0167. The second-order valence-corrected chi connectivity index (χ2v) is 6.57. The molecule has 0 bridgehead atoms. The van der Waals surface area contributed by atoms with Crippen LogP contribution in [-0.2, 0) is 0 Å². The fourth-order valence-electron chi connectivity index (χ4n) is 3.50. The molecule has 1 aromatic carbocycles. The summed E-state index contributed by atoms with van der Waals surface area (Å²) in [7, 11) is 0. The van der Waals surface area contributed by atoms with E-state index in [1.54, 1.807) is 18.2 Å². The molecule has 112 valence electrons. The minimum atomic E-state index is -0.804. The van der Waals surface area contributed by atoms with Gasteiger partial charge in [0.2, 0.25) is 0 Å². The summed E-state index contributed by atoms with van der Waals surface area (Å²) in [6.07, 6.45) is 3.09. The van der Waals surface area contributed by atoms with Gasteiger partial charge in [-0.05, 0) is 43.6 Å². The molecule has 0 heterocycles. The van der Waals surface area contributed by atoms with Crippen LogP contribution in [0.3, 0.4) is 0 Å². The predicted molar refractivity (Wildman–Crippen MR) is 79.6 cm³/mol. The Morgan fingerprint density at radius 1 is 1.30 bits per heavy atom. The van der Waals surface area contributed by atoms with E-state index < -0.39 is 6.10 Å². The van der Waals surface area contributed by atoms with E-state index in [1.807, 2.05) is 0 Å². The zero-order valence-electron chi connectivity index (χ0n) is 12.5. The van der Waals surface area contributed by atoms with Crippen molar-refractivity contribution in [1.82, 2.24) is 0 Å². The average molecular weight is 279 g/mol. The maximum atomic E-state index is 13.9. The Morgan fingerprint density at radius 3 is 2.40 bits per heavy atom. The van der Waals surface area contributed by atoms with Gasteiger partial charge in [-0.15, -0.1) is 0 Å². The highest BCUT2D eigenvalue weighted by Crippen LogP contribution is 2.48. The van der Waals surface area contributed by atoms with Gasteiger partial charge in [-0.1, -0.05) is 32.0 Å². The summed E-state index contributed by atoms with van der Waals surface area (Å²) in [5.41, 5.74) is 5.99. The molecule has 2 nitrogen and oxygen atoms in total. The summed E-state index contributed by atoms with van der Waals surface area (Å²) in [6.45, 7) is 4.90. The molecule has 3 N–H and O–H groups in total. The van der Waals surface area contributed by atoms with E-state index in [4.69, 9.17) is 5.73 Å². The number of aliphatic hydroxyl groups is 1. The zero-order chi connectivity index (χ0) is 14.8. The van der Waals surface area contributed by atoms with E-state index in [0.29, 0.717) is 23.9 Å². The standard InChI is InChI=1S/C17H26FNO/c1-12(2)13-7-9-17(11-19,10-8-13)16(20)14-5-3-4-6-15(14)18/h3-6,12-13,16,20H,7-11,19H2,1-2H3. The van der Waals surface area contributed by atoms with E-state index in [0.717, 1.165) is 25.7 Å². The Labute approximate surface area is 121 Å². The molecule has 3 heteroatoms. The number of nitrogens with two attached hydrogens (primary N) is 1. The summed E-state index contributed by atoms with van der Waals surface area (Å²) in [6, 6.07) is 6.50. The third-order valence-corrected chi connectivity index (χ3v) is 5.16. The van der Waals surface area contributed by atoms with Gasteiger partial charge in [0.05, 0.1) is 6.10 Å². The topological polar surface area (TPSA) is 46.2 Å². The van der Waals surface area contributed by atoms with Crippen molar-refractivity contribution in [3.63, 3.8) is 0 Å². The van der Waals surface area contributed by atoms with Gasteiger partial charge in [0.25, 0.3) is 0 Å². The van der Waals surface area contributed by atoms with Gasteiger partial charge in [0.1, 0.15) is 5.82 Å². The molecule has 20 heavy (non-hydrogen) atoms. The second kappa shape index (κ2) is 6.23. The van der Waals surface area contributed by atoms with Gasteiger partial charge in [-0.3, -0.25) is 0 Å². The van der Waals surface area contributed by atoms with E-state index in [9.17, 15) is 9.50 Å². The minimum absolute atomic E-state index is 0.334. The molecule has 0 saturated heterocycles. The van der Waals surface area contributed by atoms with Crippen LogP contribution in [0.2, 0.25) is 0 Å². The fraction of sp³-hybridized carbons (Fsp3) is 0.647.